The van der Waals surface area contributed by atoms with E-state index in [1.165, 1.54) is 57.1 Å². The molecule has 2 amide bonds. The fraction of sp³-hybridized carbons (Fsp3) is 0.789. The number of carbonyl (C=O) groups excluding carboxylic acids is 2. The van der Waals surface area contributed by atoms with E-state index in [2.05, 4.69) is 27.0 Å². The summed E-state index contributed by atoms with van der Waals surface area (Å²) in [6, 6.07) is 3.95. The summed E-state index contributed by atoms with van der Waals surface area (Å²) in [7, 11) is -0.361. The number of halogens is 6. The zero-order valence-electron chi connectivity index (χ0n) is 51.6. The Morgan fingerprint density at radius 2 is 1.12 bits per heavy atom. The van der Waals surface area contributed by atoms with Gasteiger partial charge in [-0.15, -0.1) is 13.2 Å². The summed E-state index contributed by atoms with van der Waals surface area (Å²) in [6.45, 7) is 20.4. The number of carbonyl (C=O) groups is 2. The van der Waals surface area contributed by atoms with E-state index in [1.807, 2.05) is 12.2 Å². The standard InChI is InChI=1S/C25H42F3NO7.C18H30O4S.C14H20F3NO6.Na.H/c1-6-8-9-10-11-12-17(31-5)13-15-32-21-19(29-23(30)25(26,27)28)22(33-14-7-2)35-18-16-34-24(3,4)36-20(18)21;1-4-5-6-7-8-9-17(21-3)14-15-22-23(19,20)18-12-10-16(2)11-13-18;1-4-5-21-11-8(18-12(20)14(15,16)17)9(19)10-7(23-11)6-22-13(2,3)24-10;;/h7,17-22H,2,6,8-16H2,1,3-5H3,(H,29,30);10-13,17H,4-9,14-15H2,1-3H3;4,7-11,19H,1,5-6H2,2-3H3,(H,18,20);;/q;;;+1;-1/t17-,18-,19-,20-,21-,22+;17-;7-,8-,9-,10-,11+;;/m111../s1. The fourth-order valence-corrected chi connectivity index (χ4v) is 10.3. The third kappa shape index (κ3) is 27.2. The normalized spacial score (nSPS) is 26.2. The van der Waals surface area contributed by atoms with Gasteiger partial charge in [0.2, 0.25) is 0 Å². The Hall–Kier alpha value is -2.35. The van der Waals surface area contributed by atoms with E-state index in [4.69, 9.17) is 56.3 Å². The van der Waals surface area contributed by atoms with Crippen molar-refractivity contribution in [2.45, 2.75) is 241 Å². The van der Waals surface area contributed by atoms with E-state index >= 15 is 0 Å². The van der Waals surface area contributed by atoms with E-state index in [-0.39, 0.29) is 87.7 Å². The number of fused-ring (bicyclic) bond motifs is 2. The van der Waals surface area contributed by atoms with Crippen LogP contribution in [-0.2, 0) is 76.0 Å². The van der Waals surface area contributed by atoms with Gasteiger partial charge in [-0.3, -0.25) is 13.8 Å². The van der Waals surface area contributed by atoms with Gasteiger partial charge in [0.1, 0.15) is 48.7 Å². The summed E-state index contributed by atoms with van der Waals surface area (Å²) >= 11 is 0. The van der Waals surface area contributed by atoms with Gasteiger partial charge in [0, 0.05) is 20.8 Å². The van der Waals surface area contributed by atoms with Crippen LogP contribution in [0.5, 0.6) is 0 Å². The molecular weight excluding hydrogens is 1150 g/mol. The van der Waals surface area contributed by atoms with Crippen molar-refractivity contribution in [1.29, 1.82) is 0 Å². The number of aryl methyl sites for hydroxylation is 1. The molecule has 27 heteroatoms. The van der Waals surface area contributed by atoms with Gasteiger partial charge in [0.15, 0.2) is 24.2 Å². The zero-order valence-corrected chi connectivity index (χ0v) is 53.4. The number of alkyl halides is 6. The number of ether oxygens (including phenoxy) is 11. The van der Waals surface area contributed by atoms with Gasteiger partial charge in [-0.1, -0.05) is 108 Å². The van der Waals surface area contributed by atoms with E-state index in [0.29, 0.717) is 12.8 Å². The third-order valence-electron chi connectivity index (χ3n) is 13.9. The van der Waals surface area contributed by atoms with Crippen molar-refractivity contribution in [2.24, 2.45) is 0 Å². The van der Waals surface area contributed by atoms with Crippen LogP contribution in [0.3, 0.4) is 0 Å². The van der Waals surface area contributed by atoms with Gasteiger partial charge >= 0.3 is 53.7 Å². The largest absolute Gasteiger partial charge is 1.00 e. The van der Waals surface area contributed by atoms with Gasteiger partial charge in [-0.25, -0.2) is 0 Å². The molecule has 12 atom stereocenters. The average molecular weight is 1250 g/mol. The molecule has 0 aliphatic carbocycles. The maximum Gasteiger partial charge on any atom is 1.00 e. The molecule has 1 aromatic carbocycles. The molecule has 0 spiro atoms. The Balaban J connectivity index is 0.000000653. The summed E-state index contributed by atoms with van der Waals surface area (Å²) < 4.78 is 168. The van der Waals surface area contributed by atoms with Gasteiger partial charge in [0.05, 0.1) is 50.1 Å². The topological polar surface area (TPSA) is 223 Å². The van der Waals surface area contributed by atoms with E-state index < -0.39 is 107 Å². The number of hydrogen-bond donors (Lipinski definition) is 3. The van der Waals surface area contributed by atoms with E-state index in [1.54, 1.807) is 71.5 Å². The van der Waals surface area contributed by atoms with Crippen molar-refractivity contribution in [2.75, 3.05) is 53.9 Å². The molecule has 5 rings (SSSR count). The summed E-state index contributed by atoms with van der Waals surface area (Å²) in [5.41, 5.74) is 1.02. The predicted molar refractivity (Wildman–Crippen MR) is 294 cm³/mol. The second-order valence-corrected chi connectivity index (χ2v) is 23.1. The quantitative estimate of drug-likeness (QED) is 0.0243. The molecule has 0 aromatic heterocycles. The molecule has 4 heterocycles. The van der Waals surface area contributed by atoms with Gasteiger partial charge in [0.25, 0.3) is 10.1 Å². The molecular formula is C57H93F6N2NaO17S. The van der Waals surface area contributed by atoms with Crippen molar-refractivity contribution in [3.8, 4) is 0 Å². The molecule has 0 bridgehead atoms. The monoisotopic (exact) mass is 1250 g/mol. The second kappa shape index (κ2) is 38.3. The zero-order chi connectivity index (χ0) is 62.0. The summed E-state index contributed by atoms with van der Waals surface area (Å²) in [4.78, 5) is 23.3. The molecule has 0 radical (unpaired) electrons. The predicted octanol–water partition coefficient (Wildman–Crippen LogP) is 6.32. The summed E-state index contributed by atoms with van der Waals surface area (Å²) in [5.74, 6) is -6.36. The Labute approximate surface area is 516 Å². The Morgan fingerprint density at radius 1 is 0.690 bits per heavy atom. The first kappa shape index (κ1) is 77.7. The maximum atomic E-state index is 13.1. The third-order valence-corrected chi connectivity index (χ3v) is 15.2. The van der Waals surface area contributed by atoms with Crippen molar-refractivity contribution in [1.82, 2.24) is 10.6 Å². The number of aliphatic hydroxyl groups is 1. The van der Waals surface area contributed by atoms with Crippen LogP contribution in [0, 0.1) is 6.92 Å². The molecule has 4 saturated heterocycles. The minimum absolute atomic E-state index is 0. The van der Waals surface area contributed by atoms with Gasteiger partial charge in [-0.05, 0) is 72.4 Å². The minimum Gasteiger partial charge on any atom is -1.00 e. The minimum atomic E-state index is -5.10. The van der Waals surface area contributed by atoms with Crippen LogP contribution < -0.4 is 40.2 Å². The summed E-state index contributed by atoms with van der Waals surface area (Å²) in [5, 5.41) is 14.2. The van der Waals surface area contributed by atoms with Crippen molar-refractivity contribution < 1.29 is 137 Å². The molecule has 4 aliphatic heterocycles. The van der Waals surface area contributed by atoms with Crippen LogP contribution in [0.2, 0.25) is 0 Å². The number of unbranched alkanes of at least 4 members (excludes halogenated alkanes) is 8. The first-order chi connectivity index (χ1) is 39.1. The second-order valence-electron chi connectivity index (χ2n) is 21.5. The first-order valence-electron chi connectivity index (χ1n) is 28.5. The number of methoxy groups -OCH3 is 2. The summed E-state index contributed by atoms with van der Waals surface area (Å²) in [6.07, 6.45) is -0.804. The van der Waals surface area contributed by atoms with Crippen LogP contribution in [0.25, 0.3) is 0 Å². The molecule has 482 valence electrons. The van der Waals surface area contributed by atoms with Gasteiger partial charge < -0.3 is 69.3 Å². The van der Waals surface area contributed by atoms with Gasteiger partial charge in [-0.2, -0.15) is 34.8 Å². The number of hydrogen-bond acceptors (Lipinski definition) is 17. The molecule has 3 N–H and O–H groups in total. The number of rotatable bonds is 31. The van der Waals surface area contributed by atoms with Crippen LogP contribution in [0.4, 0.5) is 26.3 Å². The smallest absolute Gasteiger partial charge is 1.00 e. The Kier molecular flexibility index (Phi) is 35.4. The first-order valence-corrected chi connectivity index (χ1v) is 29.9. The van der Waals surface area contributed by atoms with Crippen LogP contribution in [0.1, 0.15) is 138 Å². The molecule has 0 saturated carbocycles. The molecule has 19 nitrogen and oxygen atoms in total. The number of nitrogens with one attached hydrogen (secondary N) is 2. The molecule has 4 fully saturated rings. The Morgan fingerprint density at radius 3 is 1.57 bits per heavy atom. The maximum absolute atomic E-state index is 13.1. The average Bonchev–Trinajstić information content (AvgIpc) is 3.10. The van der Waals surface area contributed by atoms with E-state index in [0.717, 1.165) is 37.7 Å². The molecule has 0 unspecified atom stereocenters. The van der Waals surface area contributed by atoms with Crippen molar-refractivity contribution in [3.05, 3.63) is 55.1 Å². The van der Waals surface area contributed by atoms with Crippen LogP contribution >= 0.6 is 0 Å². The molecule has 84 heavy (non-hydrogen) atoms. The van der Waals surface area contributed by atoms with Crippen molar-refractivity contribution in [3.63, 3.8) is 0 Å². The molecule has 4 aliphatic rings. The number of aliphatic hydroxyl groups excluding tert-OH is 1. The van der Waals surface area contributed by atoms with Crippen LogP contribution in [-0.4, -0.2) is 177 Å². The Bertz CT molecular complexity index is 2170. The SMILES string of the molecule is C=CCO[C@H]1O[C@@H]2COC(C)(C)O[C@H]2[C@H](O)[C@H]1NC(=O)C(F)(F)F.C=CCO[C@H]1O[C@@H]2COC(C)(C)O[C@H]2[C@H](OCC[C@@H](CCCCCCC)OC)[C@H]1NC(=O)C(F)(F)F.CCCCCCC[C@H](CCOS(=O)(=O)c1ccc(C)cc1)OC.[H-].[Na+]. The fourth-order valence-electron chi connectivity index (χ4n) is 9.36. The van der Waals surface area contributed by atoms with E-state index in [9.17, 15) is 49.5 Å². The molecule has 1 aromatic rings. The van der Waals surface area contributed by atoms with Crippen LogP contribution in [0.15, 0.2) is 54.5 Å². The van der Waals surface area contributed by atoms with Crippen molar-refractivity contribution >= 4 is 21.9 Å². The number of benzene rings is 1. The number of amides is 2.